The largest absolute Gasteiger partial charge is 0.438 e. The van der Waals surface area contributed by atoms with Crippen molar-refractivity contribution in [2.24, 2.45) is 0 Å². The Morgan fingerprint density at radius 2 is 1.62 bits per heavy atom. The SMILES string of the molecule is CCOCC(COCC)OCOC(=O)CC. The minimum atomic E-state index is -0.272. The van der Waals surface area contributed by atoms with Crippen molar-refractivity contribution in [3.05, 3.63) is 0 Å². The Kier molecular flexibility index (Phi) is 10.4. The molecule has 0 saturated heterocycles. The predicted octanol–water partition coefficient (Wildman–Crippen LogP) is 1.36. The third-order valence-electron chi connectivity index (χ3n) is 1.83. The number of carbonyl (C=O) groups excluding carboxylic acids is 1. The number of esters is 1. The highest BCUT2D eigenvalue weighted by molar-refractivity contribution is 5.68. The van der Waals surface area contributed by atoms with Crippen molar-refractivity contribution < 1.29 is 23.7 Å². The summed E-state index contributed by atoms with van der Waals surface area (Å²) in [6, 6.07) is 0. The zero-order chi connectivity index (χ0) is 12.2. The highest BCUT2D eigenvalue weighted by atomic mass is 16.7. The maximum absolute atomic E-state index is 10.9. The first kappa shape index (κ1) is 15.3. The highest BCUT2D eigenvalue weighted by Crippen LogP contribution is 1.97. The lowest BCUT2D eigenvalue weighted by Crippen LogP contribution is -2.27. The molecule has 0 aliphatic heterocycles. The summed E-state index contributed by atoms with van der Waals surface area (Å²) in [7, 11) is 0. The van der Waals surface area contributed by atoms with Gasteiger partial charge in [-0.1, -0.05) is 6.92 Å². The molecule has 0 unspecified atom stereocenters. The molecule has 0 rings (SSSR count). The minimum Gasteiger partial charge on any atom is -0.438 e. The smallest absolute Gasteiger partial charge is 0.307 e. The number of hydrogen-bond acceptors (Lipinski definition) is 5. The first-order chi connectivity index (χ1) is 7.74. The van der Waals surface area contributed by atoms with E-state index in [4.69, 9.17) is 18.9 Å². The van der Waals surface area contributed by atoms with Crippen LogP contribution in [0.1, 0.15) is 27.2 Å². The molecule has 96 valence electrons. The third kappa shape index (κ3) is 8.64. The second-order valence-electron chi connectivity index (χ2n) is 3.10. The quantitative estimate of drug-likeness (QED) is 0.422. The summed E-state index contributed by atoms with van der Waals surface area (Å²) in [6.45, 7) is 7.66. The van der Waals surface area contributed by atoms with Crippen LogP contribution in [0.15, 0.2) is 0 Å². The van der Waals surface area contributed by atoms with Gasteiger partial charge in [-0.05, 0) is 13.8 Å². The molecule has 0 fully saturated rings. The van der Waals surface area contributed by atoms with Crippen molar-refractivity contribution in [1.82, 2.24) is 0 Å². The summed E-state index contributed by atoms with van der Waals surface area (Å²) in [4.78, 5) is 10.9. The molecule has 0 aromatic heterocycles. The van der Waals surface area contributed by atoms with Gasteiger partial charge >= 0.3 is 5.97 Å². The highest BCUT2D eigenvalue weighted by Gasteiger charge is 2.10. The molecule has 0 aromatic rings. The molecule has 0 bridgehead atoms. The second kappa shape index (κ2) is 10.9. The molecule has 0 radical (unpaired) electrons. The van der Waals surface area contributed by atoms with Gasteiger partial charge < -0.3 is 18.9 Å². The lowest BCUT2D eigenvalue weighted by molar-refractivity contribution is -0.167. The van der Waals surface area contributed by atoms with E-state index in [9.17, 15) is 4.79 Å². The van der Waals surface area contributed by atoms with Gasteiger partial charge in [-0.3, -0.25) is 4.79 Å². The third-order valence-corrected chi connectivity index (χ3v) is 1.83. The van der Waals surface area contributed by atoms with Crippen molar-refractivity contribution in [1.29, 1.82) is 0 Å². The van der Waals surface area contributed by atoms with Gasteiger partial charge in [-0.15, -0.1) is 0 Å². The lowest BCUT2D eigenvalue weighted by atomic mass is 10.4. The maximum Gasteiger partial charge on any atom is 0.307 e. The summed E-state index contributed by atoms with van der Waals surface area (Å²) in [5.41, 5.74) is 0. The normalized spacial score (nSPS) is 10.8. The predicted molar refractivity (Wildman–Crippen MR) is 59.1 cm³/mol. The van der Waals surface area contributed by atoms with Crippen molar-refractivity contribution in [3.63, 3.8) is 0 Å². The second-order valence-corrected chi connectivity index (χ2v) is 3.10. The fourth-order valence-corrected chi connectivity index (χ4v) is 0.941. The van der Waals surface area contributed by atoms with Crippen LogP contribution < -0.4 is 0 Å². The van der Waals surface area contributed by atoms with Crippen LogP contribution in [0.2, 0.25) is 0 Å². The van der Waals surface area contributed by atoms with Crippen LogP contribution in [0, 0.1) is 0 Å². The molecular weight excluding hydrogens is 212 g/mol. The summed E-state index contributed by atoms with van der Waals surface area (Å²) >= 11 is 0. The van der Waals surface area contributed by atoms with Crippen LogP contribution >= 0.6 is 0 Å². The summed E-state index contributed by atoms with van der Waals surface area (Å²) in [6.07, 6.45) is 0.162. The Morgan fingerprint density at radius 3 is 2.06 bits per heavy atom. The van der Waals surface area contributed by atoms with Gasteiger partial charge in [0.2, 0.25) is 0 Å². The van der Waals surface area contributed by atoms with Crippen molar-refractivity contribution in [2.75, 3.05) is 33.2 Å². The number of hydrogen-bond donors (Lipinski definition) is 0. The van der Waals surface area contributed by atoms with Gasteiger partial charge in [-0.25, -0.2) is 0 Å². The first-order valence-corrected chi connectivity index (χ1v) is 5.67. The molecule has 0 N–H and O–H groups in total. The molecule has 0 heterocycles. The Labute approximate surface area is 97.0 Å². The molecular formula is C11H22O5. The summed E-state index contributed by atoms with van der Waals surface area (Å²) in [5, 5.41) is 0. The molecule has 16 heavy (non-hydrogen) atoms. The molecule has 0 atom stereocenters. The molecule has 0 amide bonds. The van der Waals surface area contributed by atoms with Crippen LogP contribution in [0.5, 0.6) is 0 Å². The van der Waals surface area contributed by atoms with E-state index in [1.165, 1.54) is 0 Å². The monoisotopic (exact) mass is 234 g/mol. The lowest BCUT2D eigenvalue weighted by Gasteiger charge is -2.17. The topological polar surface area (TPSA) is 54.0 Å². The van der Waals surface area contributed by atoms with E-state index < -0.39 is 0 Å². The van der Waals surface area contributed by atoms with Crippen LogP contribution in [-0.4, -0.2) is 45.3 Å². The van der Waals surface area contributed by atoms with Gasteiger partial charge in [0, 0.05) is 19.6 Å². The fourth-order valence-electron chi connectivity index (χ4n) is 0.941. The van der Waals surface area contributed by atoms with Gasteiger partial charge in [0.1, 0.15) is 6.10 Å². The summed E-state index contributed by atoms with van der Waals surface area (Å²) < 4.78 is 20.6. The van der Waals surface area contributed by atoms with Crippen LogP contribution in [0.25, 0.3) is 0 Å². The Morgan fingerprint density at radius 1 is 1.06 bits per heavy atom. The van der Waals surface area contributed by atoms with Crippen molar-refractivity contribution in [3.8, 4) is 0 Å². The fraction of sp³-hybridized carbons (Fsp3) is 0.909. The van der Waals surface area contributed by atoms with Gasteiger partial charge in [0.25, 0.3) is 0 Å². The maximum atomic E-state index is 10.9. The zero-order valence-electron chi connectivity index (χ0n) is 10.4. The standard InChI is InChI=1S/C11H22O5/c1-4-11(12)16-9-15-10(7-13-5-2)8-14-6-3/h10H,4-9H2,1-3H3. The van der Waals surface area contributed by atoms with Crippen LogP contribution in [0.4, 0.5) is 0 Å². The van der Waals surface area contributed by atoms with E-state index in [-0.39, 0.29) is 18.9 Å². The first-order valence-electron chi connectivity index (χ1n) is 5.67. The Hall–Kier alpha value is -0.650. The average molecular weight is 234 g/mol. The van der Waals surface area contributed by atoms with E-state index >= 15 is 0 Å². The van der Waals surface area contributed by atoms with Crippen LogP contribution in [0.3, 0.4) is 0 Å². The molecule has 5 nitrogen and oxygen atoms in total. The average Bonchev–Trinajstić information content (AvgIpc) is 2.31. The van der Waals surface area contributed by atoms with Gasteiger partial charge in [0.15, 0.2) is 6.79 Å². The molecule has 5 heteroatoms. The molecule has 0 aliphatic rings. The van der Waals surface area contributed by atoms with E-state index in [1.807, 2.05) is 13.8 Å². The van der Waals surface area contributed by atoms with Gasteiger partial charge in [0.05, 0.1) is 13.2 Å². The van der Waals surface area contributed by atoms with E-state index in [1.54, 1.807) is 6.92 Å². The van der Waals surface area contributed by atoms with E-state index in [0.717, 1.165) is 0 Å². The van der Waals surface area contributed by atoms with E-state index in [2.05, 4.69) is 0 Å². The minimum absolute atomic E-state index is 0.0442. The van der Waals surface area contributed by atoms with Crippen molar-refractivity contribution >= 4 is 5.97 Å². The molecule has 0 saturated carbocycles. The number of carbonyl (C=O) groups is 1. The Balaban J connectivity index is 3.67. The summed E-state index contributed by atoms with van der Waals surface area (Å²) in [5.74, 6) is -0.272. The molecule has 0 aliphatic carbocycles. The van der Waals surface area contributed by atoms with Crippen molar-refractivity contribution in [2.45, 2.75) is 33.3 Å². The number of rotatable bonds is 10. The van der Waals surface area contributed by atoms with Gasteiger partial charge in [-0.2, -0.15) is 0 Å². The van der Waals surface area contributed by atoms with Crippen LogP contribution in [-0.2, 0) is 23.7 Å². The van der Waals surface area contributed by atoms with E-state index in [0.29, 0.717) is 32.8 Å². The Bertz CT molecular complexity index is 164. The molecule has 0 aromatic carbocycles. The zero-order valence-corrected chi connectivity index (χ0v) is 10.4. The molecule has 0 spiro atoms. The number of ether oxygens (including phenoxy) is 4.